The van der Waals surface area contributed by atoms with E-state index in [1.165, 1.54) is 0 Å². The molecule has 4 heteroatoms. The molecule has 0 bridgehead atoms. The van der Waals surface area contributed by atoms with Crippen molar-refractivity contribution in [2.24, 2.45) is 0 Å². The van der Waals surface area contributed by atoms with Crippen LogP contribution < -0.4 is 5.43 Å². The zero-order valence-corrected chi connectivity index (χ0v) is 11.7. The number of halogens is 1. The summed E-state index contributed by atoms with van der Waals surface area (Å²) in [6, 6.07) is 17.6. The Labute approximate surface area is 118 Å². The Hall–Kier alpha value is -1.94. The highest BCUT2D eigenvalue weighted by Gasteiger charge is 2.08. The number of hydrogen-bond acceptors (Lipinski definition) is 2. The standard InChI is InChI=1S/C15H11BrN2O/c16-15-14(19)12-8-4-5-9-13(12)18(17-15)10-11-6-2-1-3-7-11/h1-9H,10H2. The van der Waals surface area contributed by atoms with Gasteiger partial charge in [-0.1, -0.05) is 42.5 Å². The lowest BCUT2D eigenvalue weighted by molar-refractivity contribution is 0.686. The van der Waals surface area contributed by atoms with E-state index >= 15 is 0 Å². The molecule has 0 N–H and O–H groups in total. The first kappa shape index (κ1) is 12.1. The fourth-order valence-electron chi connectivity index (χ4n) is 2.08. The van der Waals surface area contributed by atoms with E-state index in [1.807, 2.05) is 59.3 Å². The van der Waals surface area contributed by atoms with Crippen LogP contribution in [0.4, 0.5) is 0 Å². The van der Waals surface area contributed by atoms with Crippen LogP contribution in [0.1, 0.15) is 5.56 Å². The van der Waals surface area contributed by atoms with Crippen molar-refractivity contribution in [3.05, 3.63) is 75.0 Å². The van der Waals surface area contributed by atoms with Crippen molar-refractivity contribution in [2.75, 3.05) is 0 Å². The molecule has 19 heavy (non-hydrogen) atoms. The van der Waals surface area contributed by atoms with Gasteiger partial charge in [0.15, 0.2) is 4.60 Å². The predicted molar refractivity (Wildman–Crippen MR) is 79.2 cm³/mol. The van der Waals surface area contributed by atoms with Gasteiger partial charge in [-0.25, -0.2) is 0 Å². The lowest BCUT2D eigenvalue weighted by Gasteiger charge is -2.10. The number of rotatable bonds is 2. The molecule has 1 heterocycles. The molecule has 3 aromatic rings. The number of hydrogen-bond donors (Lipinski definition) is 0. The minimum Gasteiger partial charge on any atom is -0.286 e. The van der Waals surface area contributed by atoms with Gasteiger partial charge in [0, 0.05) is 0 Å². The first-order valence-electron chi connectivity index (χ1n) is 5.95. The SMILES string of the molecule is O=c1c(Br)nn(Cc2ccccc2)c2ccccc12. The molecule has 2 aromatic carbocycles. The average Bonchev–Trinajstić information content (AvgIpc) is 2.46. The van der Waals surface area contributed by atoms with Crippen molar-refractivity contribution < 1.29 is 0 Å². The van der Waals surface area contributed by atoms with Crippen molar-refractivity contribution >= 4 is 26.8 Å². The molecule has 3 nitrogen and oxygen atoms in total. The van der Waals surface area contributed by atoms with Crippen molar-refractivity contribution in [3.8, 4) is 0 Å². The van der Waals surface area contributed by atoms with Gasteiger partial charge in [-0.2, -0.15) is 5.10 Å². The van der Waals surface area contributed by atoms with E-state index in [9.17, 15) is 4.79 Å². The van der Waals surface area contributed by atoms with Gasteiger partial charge in [0.2, 0.25) is 5.43 Å². The number of nitrogens with zero attached hydrogens (tertiary/aromatic N) is 2. The highest BCUT2D eigenvalue weighted by atomic mass is 79.9. The maximum Gasteiger partial charge on any atom is 0.222 e. The van der Waals surface area contributed by atoms with E-state index in [1.54, 1.807) is 0 Å². The van der Waals surface area contributed by atoms with Gasteiger partial charge in [0.05, 0.1) is 17.4 Å². The van der Waals surface area contributed by atoms with E-state index in [2.05, 4.69) is 21.0 Å². The molecule has 0 fully saturated rings. The molecule has 94 valence electrons. The van der Waals surface area contributed by atoms with Gasteiger partial charge in [-0.05, 0) is 33.6 Å². The monoisotopic (exact) mass is 314 g/mol. The molecular formula is C15H11BrN2O. The largest absolute Gasteiger partial charge is 0.286 e. The minimum atomic E-state index is -0.0695. The predicted octanol–water partition coefficient (Wildman–Crippen LogP) is 3.21. The minimum absolute atomic E-state index is 0.0695. The van der Waals surface area contributed by atoms with E-state index in [0.29, 0.717) is 16.5 Å². The summed E-state index contributed by atoms with van der Waals surface area (Å²) < 4.78 is 2.19. The Kier molecular flexibility index (Phi) is 3.17. The van der Waals surface area contributed by atoms with Crippen LogP contribution in [0.5, 0.6) is 0 Å². The summed E-state index contributed by atoms with van der Waals surface area (Å²) in [7, 11) is 0. The molecule has 0 aliphatic rings. The molecule has 3 rings (SSSR count). The number of aromatic nitrogens is 2. The van der Waals surface area contributed by atoms with Crippen LogP contribution in [0.2, 0.25) is 0 Å². The normalized spacial score (nSPS) is 10.8. The third kappa shape index (κ3) is 2.31. The van der Waals surface area contributed by atoms with Crippen LogP contribution in [0.15, 0.2) is 64.0 Å². The molecular weight excluding hydrogens is 304 g/mol. The zero-order valence-electron chi connectivity index (χ0n) is 10.1. The second kappa shape index (κ2) is 4.97. The van der Waals surface area contributed by atoms with Crippen molar-refractivity contribution in [2.45, 2.75) is 6.54 Å². The smallest absolute Gasteiger partial charge is 0.222 e. The van der Waals surface area contributed by atoms with Crippen LogP contribution in [-0.4, -0.2) is 9.78 Å². The highest BCUT2D eigenvalue weighted by Crippen LogP contribution is 2.13. The lowest BCUT2D eigenvalue weighted by Crippen LogP contribution is -2.15. The Bertz CT molecular complexity index is 781. The summed E-state index contributed by atoms with van der Waals surface area (Å²) in [5.41, 5.74) is 1.93. The van der Waals surface area contributed by atoms with Gasteiger partial charge >= 0.3 is 0 Å². The zero-order chi connectivity index (χ0) is 13.2. The Morgan fingerprint density at radius 1 is 1.00 bits per heavy atom. The number of para-hydroxylation sites is 1. The van der Waals surface area contributed by atoms with Crippen LogP contribution in [0.3, 0.4) is 0 Å². The second-order valence-corrected chi connectivity index (χ2v) is 5.03. The molecule has 0 spiro atoms. The molecule has 0 saturated carbocycles. The quantitative estimate of drug-likeness (QED) is 0.728. The van der Waals surface area contributed by atoms with Gasteiger partial charge in [0.25, 0.3) is 0 Å². The van der Waals surface area contributed by atoms with E-state index < -0.39 is 0 Å². The molecule has 0 unspecified atom stereocenters. The van der Waals surface area contributed by atoms with Crippen molar-refractivity contribution in [3.63, 3.8) is 0 Å². The third-order valence-corrected chi connectivity index (χ3v) is 3.52. The number of fused-ring (bicyclic) bond motifs is 1. The molecule has 0 atom stereocenters. The third-order valence-electron chi connectivity index (χ3n) is 3.00. The van der Waals surface area contributed by atoms with Gasteiger partial charge < -0.3 is 0 Å². The molecule has 1 aromatic heterocycles. The lowest BCUT2D eigenvalue weighted by atomic mass is 10.2. The fourth-order valence-corrected chi connectivity index (χ4v) is 2.49. The Morgan fingerprint density at radius 3 is 2.47 bits per heavy atom. The fraction of sp³-hybridized carbons (Fsp3) is 0.0667. The molecule has 0 aliphatic heterocycles. The van der Waals surface area contributed by atoms with Crippen LogP contribution in [0.25, 0.3) is 10.9 Å². The van der Waals surface area contributed by atoms with Crippen LogP contribution in [0, 0.1) is 0 Å². The first-order chi connectivity index (χ1) is 9.25. The van der Waals surface area contributed by atoms with Crippen molar-refractivity contribution in [1.29, 1.82) is 0 Å². The molecule has 0 radical (unpaired) electrons. The summed E-state index contributed by atoms with van der Waals surface area (Å²) in [5.74, 6) is 0. The highest BCUT2D eigenvalue weighted by molar-refractivity contribution is 9.10. The summed E-state index contributed by atoms with van der Waals surface area (Å²) >= 11 is 3.24. The van der Waals surface area contributed by atoms with Gasteiger partial charge in [-0.15, -0.1) is 0 Å². The van der Waals surface area contributed by atoms with Gasteiger partial charge in [0.1, 0.15) is 0 Å². The maximum atomic E-state index is 12.0. The Balaban J connectivity index is 2.19. The topological polar surface area (TPSA) is 34.9 Å². The molecule has 0 saturated heterocycles. The maximum absolute atomic E-state index is 12.0. The van der Waals surface area contributed by atoms with Crippen molar-refractivity contribution in [1.82, 2.24) is 9.78 Å². The van der Waals surface area contributed by atoms with E-state index in [-0.39, 0.29) is 5.43 Å². The first-order valence-corrected chi connectivity index (χ1v) is 6.74. The van der Waals surface area contributed by atoms with Crippen LogP contribution >= 0.6 is 15.9 Å². The summed E-state index contributed by atoms with van der Waals surface area (Å²) in [6.45, 7) is 0.639. The van der Waals surface area contributed by atoms with Crippen LogP contribution in [-0.2, 0) is 6.54 Å². The summed E-state index contributed by atoms with van der Waals surface area (Å²) in [4.78, 5) is 12.0. The molecule has 0 amide bonds. The van der Waals surface area contributed by atoms with Gasteiger partial charge in [-0.3, -0.25) is 9.48 Å². The number of benzene rings is 2. The molecule has 0 aliphatic carbocycles. The summed E-state index contributed by atoms with van der Waals surface area (Å²) in [5, 5.41) is 5.00. The van der Waals surface area contributed by atoms with E-state index in [4.69, 9.17) is 0 Å². The van der Waals surface area contributed by atoms with E-state index in [0.717, 1.165) is 11.1 Å². The average molecular weight is 315 g/mol. The Morgan fingerprint density at radius 2 is 1.68 bits per heavy atom. The second-order valence-electron chi connectivity index (χ2n) is 4.28. The summed E-state index contributed by atoms with van der Waals surface area (Å²) in [6.07, 6.45) is 0.